The van der Waals surface area contributed by atoms with E-state index in [0.717, 1.165) is 6.07 Å². The van der Waals surface area contributed by atoms with Crippen molar-refractivity contribution in [3.8, 4) is 0 Å². The first-order valence-corrected chi connectivity index (χ1v) is 3.11. The molecule has 1 rings (SSSR count). The van der Waals surface area contributed by atoms with Crippen LogP contribution < -0.4 is 0 Å². The van der Waals surface area contributed by atoms with Crippen LogP contribution in [0.15, 0.2) is 23.2 Å². The van der Waals surface area contributed by atoms with Gasteiger partial charge in [-0.25, -0.2) is 8.78 Å². The summed E-state index contributed by atoms with van der Waals surface area (Å²) in [6.45, 7) is 0. The van der Waals surface area contributed by atoms with E-state index in [2.05, 4.69) is 4.99 Å². The molecule has 0 saturated carbocycles. The lowest BCUT2D eigenvalue weighted by molar-refractivity contribution is 0.582. The molecule has 0 bridgehead atoms. The molecule has 0 N–H and O–H groups in total. The maximum absolute atomic E-state index is 12.7. The van der Waals surface area contributed by atoms with Crippen molar-refractivity contribution in [2.75, 3.05) is 7.05 Å². The number of benzene rings is 1. The maximum atomic E-state index is 12.7. The van der Waals surface area contributed by atoms with Crippen LogP contribution in [0.25, 0.3) is 0 Å². The Labute approximate surface area is 63.4 Å². The van der Waals surface area contributed by atoms with Gasteiger partial charge in [-0.3, -0.25) is 4.99 Å². The van der Waals surface area contributed by atoms with E-state index in [1.54, 1.807) is 0 Å². The van der Waals surface area contributed by atoms with Crippen molar-refractivity contribution in [1.82, 2.24) is 0 Å². The average molecular weight is 155 g/mol. The highest BCUT2D eigenvalue weighted by atomic mass is 19.1. The van der Waals surface area contributed by atoms with Gasteiger partial charge in [-0.05, 0) is 12.1 Å². The second-order valence-corrected chi connectivity index (χ2v) is 2.05. The van der Waals surface area contributed by atoms with Crippen LogP contribution in [-0.4, -0.2) is 13.3 Å². The lowest BCUT2D eigenvalue weighted by Crippen LogP contribution is -1.88. The summed E-state index contributed by atoms with van der Waals surface area (Å²) in [6, 6.07) is 3.37. The van der Waals surface area contributed by atoms with Gasteiger partial charge in [-0.1, -0.05) is 0 Å². The summed E-state index contributed by atoms with van der Waals surface area (Å²) < 4.78 is 25.0. The zero-order chi connectivity index (χ0) is 8.27. The second-order valence-electron chi connectivity index (χ2n) is 2.05. The van der Waals surface area contributed by atoms with Gasteiger partial charge in [0.05, 0.1) is 0 Å². The van der Waals surface area contributed by atoms with Crippen LogP contribution in [0.4, 0.5) is 8.78 Å². The van der Waals surface area contributed by atoms with Crippen LogP contribution >= 0.6 is 0 Å². The summed E-state index contributed by atoms with van der Waals surface area (Å²) in [5, 5.41) is 0. The Morgan fingerprint density at radius 2 is 2.09 bits per heavy atom. The van der Waals surface area contributed by atoms with Gasteiger partial charge in [0.2, 0.25) is 0 Å². The predicted octanol–water partition coefficient (Wildman–Crippen LogP) is 2.01. The lowest BCUT2D eigenvalue weighted by Gasteiger charge is -1.94. The molecule has 0 radical (unpaired) electrons. The monoisotopic (exact) mass is 155 g/mol. The van der Waals surface area contributed by atoms with Crippen molar-refractivity contribution in [2.24, 2.45) is 4.99 Å². The molecular weight excluding hydrogens is 148 g/mol. The third-order valence-corrected chi connectivity index (χ3v) is 1.23. The van der Waals surface area contributed by atoms with Crippen LogP contribution in [0.5, 0.6) is 0 Å². The number of halogens is 2. The molecule has 0 atom stereocenters. The molecule has 0 saturated heterocycles. The molecule has 1 aromatic carbocycles. The van der Waals surface area contributed by atoms with Crippen molar-refractivity contribution in [3.05, 3.63) is 35.4 Å². The summed E-state index contributed by atoms with van der Waals surface area (Å²) in [5.41, 5.74) is 0.300. The first-order valence-electron chi connectivity index (χ1n) is 3.11. The van der Waals surface area contributed by atoms with Crippen LogP contribution in [-0.2, 0) is 0 Å². The van der Waals surface area contributed by atoms with E-state index < -0.39 is 11.6 Å². The normalized spacial score (nSPS) is 10.8. The van der Waals surface area contributed by atoms with Gasteiger partial charge in [0.25, 0.3) is 0 Å². The van der Waals surface area contributed by atoms with E-state index in [4.69, 9.17) is 0 Å². The zero-order valence-electron chi connectivity index (χ0n) is 6.01. The quantitative estimate of drug-likeness (QED) is 0.550. The maximum Gasteiger partial charge on any atom is 0.134 e. The molecule has 1 nitrogen and oxygen atoms in total. The van der Waals surface area contributed by atoms with Crippen LogP contribution in [0.1, 0.15) is 5.56 Å². The molecule has 0 unspecified atom stereocenters. The van der Waals surface area contributed by atoms with E-state index in [9.17, 15) is 8.78 Å². The van der Waals surface area contributed by atoms with Gasteiger partial charge < -0.3 is 0 Å². The van der Waals surface area contributed by atoms with Crippen molar-refractivity contribution in [1.29, 1.82) is 0 Å². The Morgan fingerprint density at radius 1 is 1.36 bits per heavy atom. The van der Waals surface area contributed by atoms with Crippen LogP contribution in [0.3, 0.4) is 0 Å². The Hall–Kier alpha value is -1.25. The van der Waals surface area contributed by atoms with Gasteiger partial charge in [0, 0.05) is 24.9 Å². The molecule has 0 aliphatic rings. The van der Waals surface area contributed by atoms with E-state index >= 15 is 0 Å². The molecule has 0 heterocycles. The number of aliphatic imine (C=N–C) groups is 1. The minimum absolute atomic E-state index is 0.300. The summed E-state index contributed by atoms with van der Waals surface area (Å²) in [6.07, 6.45) is 1.34. The SMILES string of the molecule is C/N=C/c1ccc(F)cc1F. The fourth-order valence-electron chi connectivity index (χ4n) is 0.745. The first-order chi connectivity index (χ1) is 5.24. The molecule has 11 heavy (non-hydrogen) atoms. The smallest absolute Gasteiger partial charge is 0.134 e. The van der Waals surface area contributed by atoms with E-state index in [1.165, 1.54) is 25.4 Å². The van der Waals surface area contributed by atoms with Gasteiger partial charge in [0.1, 0.15) is 11.6 Å². The molecule has 0 spiro atoms. The second kappa shape index (κ2) is 3.23. The number of hydrogen-bond acceptors (Lipinski definition) is 1. The summed E-state index contributed by atoms with van der Waals surface area (Å²) in [5.74, 6) is -1.16. The number of rotatable bonds is 1. The van der Waals surface area contributed by atoms with E-state index in [0.29, 0.717) is 5.56 Å². The molecule has 0 fully saturated rings. The van der Waals surface area contributed by atoms with Crippen molar-refractivity contribution in [2.45, 2.75) is 0 Å². The Morgan fingerprint density at radius 3 is 2.64 bits per heavy atom. The predicted molar refractivity (Wildman–Crippen MR) is 39.9 cm³/mol. The highest BCUT2D eigenvalue weighted by Crippen LogP contribution is 2.06. The van der Waals surface area contributed by atoms with E-state index in [1.807, 2.05) is 0 Å². The molecule has 3 heteroatoms. The summed E-state index contributed by atoms with van der Waals surface area (Å²) >= 11 is 0. The first kappa shape index (κ1) is 7.85. The molecule has 0 aromatic heterocycles. The minimum Gasteiger partial charge on any atom is -0.296 e. The van der Waals surface area contributed by atoms with Crippen molar-refractivity contribution < 1.29 is 8.78 Å². The van der Waals surface area contributed by atoms with Gasteiger partial charge in [0.15, 0.2) is 0 Å². The van der Waals surface area contributed by atoms with Gasteiger partial charge in [-0.15, -0.1) is 0 Å². The van der Waals surface area contributed by atoms with Crippen LogP contribution in [0, 0.1) is 11.6 Å². The fourth-order valence-corrected chi connectivity index (χ4v) is 0.745. The minimum atomic E-state index is -0.587. The topological polar surface area (TPSA) is 12.4 Å². The third-order valence-electron chi connectivity index (χ3n) is 1.23. The zero-order valence-corrected chi connectivity index (χ0v) is 6.01. The molecule has 0 aliphatic heterocycles. The third kappa shape index (κ3) is 1.83. The standard InChI is InChI=1S/C8H7F2N/c1-11-5-6-2-3-7(9)4-8(6)10/h2-5H,1H3/b11-5+. The molecule has 58 valence electrons. The van der Waals surface area contributed by atoms with Crippen molar-refractivity contribution in [3.63, 3.8) is 0 Å². The lowest BCUT2D eigenvalue weighted by atomic mass is 10.2. The van der Waals surface area contributed by atoms with Crippen molar-refractivity contribution >= 4 is 6.21 Å². The highest BCUT2D eigenvalue weighted by molar-refractivity contribution is 5.79. The number of hydrogen-bond donors (Lipinski definition) is 0. The Kier molecular flexibility index (Phi) is 2.31. The van der Waals surface area contributed by atoms with E-state index in [-0.39, 0.29) is 0 Å². The average Bonchev–Trinajstić information content (AvgIpc) is 1.95. The highest BCUT2D eigenvalue weighted by Gasteiger charge is 1.99. The molecule has 1 aromatic rings. The van der Waals surface area contributed by atoms with Gasteiger partial charge >= 0.3 is 0 Å². The molecular formula is C8H7F2N. The Bertz CT molecular complexity index is 281. The largest absolute Gasteiger partial charge is 0.296 e. The Balaban J connectivity index is 3.09. The molecule has 0 aliphatic carbocycles. The summed E-state index contributed by atoms with van der Waals surface area (Å²) in [7, 11) is 1.53. The number of nitrogens with zero attached hydrogens (tertiary/aromatic N) is 1. The fraction of sp³-hybridized carbons (Fsp3) is 0.125. The molecule has 0 amide bonds. The van der Waals surface area contributed by atoms with Gasteiger partial charge in [-0.2, -0.15) is 0 Å². The van der Waals surface area contributed by atoms with Crippen LogP contribution in [0.2, 0.25) is 0 Å². The summed E-state index contributed by atoms with van der Waals surface area (Å²) in [4.78, 5) is 3.61.